The predicted molar refractivity (Wildman–Crippen MR) is 88.6 cm³/mol. The summed E-state index contributed by atoms with van der Waals surface area (Å²) in [7, 11) is 2.85. The number of methoxy groups -OCH3 is 2. The monoisotopic (exact) mass is 328 g/mol. The van der Waals surface area contributed by atoms with E-state index < -0.39 is 0 Å². The van der Waals surface area contributed by atoms with Gasteiger partial charge in [-0.3, -0.25) is 14.6 Å². The van der Waals surface area contributed by atoms with Crippen LogP contribution in [0.25, 0.3) is 0 Å². The van der Waals surface area contributed by atoms with Crippen molar-refractivity contribution < 1.29 is 19.1 Å². The van der Waals surface area contributed by atoms with Gasteiger partial charge in [0.1, 0.15) is 5.75 Å². The number of para-hydroxylation sites is 1. The van der Waals surface area contributed by atoms with Crippen LogP contribution in [0.4, 0.5) is 0 Å². The van der Waals surface area contributed by atoms with Gasteiger partial charge in [-0.2, -0.15) is 0 Å². The molecule has 0 spiro atoms. The summed E-state index contributed by atoms with van der Waals surface area (Å²) in [6.45, 7) is 0.597. The zero-order valence-electron chi connectivity index (χ0n) is 13.8. The van der Waals surface area contributed by atoms with Gasteiger partial charge in [0.25, 0.3) is 5.91 Å². The highest BCUT2D eigenvalue weighted by Crippen LogP contribution is 2.20. The molecular weight excluding hydrogens is 308 g/mol. The lowest BCUT2D eigenvalue weighted by molar-refractivity contribution is -0.140. The van der Waals surface area contributed by atoms with Crippen LogP contribution in [0.1, 0.15) is 22.3 Å². The minimum atomic E-state index is -0.362. The number of esters is 1. The van der Waals surface area contributed by atoms with Crippen LogP contribution in [-0.4, -0.2) is 42.5 Å². The molecule has 6 heteroatoms. The van der Waals surface area contributed by atoms with Crippen molar-refractivity contribution in [3.63, 3.8) is 0 Å². The molecule has 0 unspecified atom stereocenters. The molecule has 1 aromatic carbocycles. The number of nitrogens with zero attached hydrogens (tertiary/aromatic N) is 2. The van der Waals surface area contributed by atoms with Gasteiger partial charge < -0.3 is 14.4 Å². The molecule has 0 fully saturated rings. The first-order chi connectivity index (χ1) is 11.7. The Bertz CT molecular complexity index is 688. The average molecular weight is 328 g/mol. The van der Waals surface area contributed by atoms with Crippen LogP contribution in [0.3, 0.4) is 0 Å². The van der Waals surface area contributed by atoms with Crippen molar-refractivity contribution in [1.29, 1.82) is 0 Å². The summed E-state index contributed by atoms with van der Waals surface area (Å²) >= 11 is 0. The van der Waals surface area contributed by atoms with Crippen LogP contribution in [0.15, 0.2) is 48.8 Å². The number of amides is 1. The fourth-order valence-electron chi connectivity index (χ4n) is 2.28. The van der Waals surface area contributed by atoms with E-state index in [1.165, 1.54) is 14.2 Å². The molecule has 126 valence electrons. The van der Waals surface area contributed by atoms with Gasteiger partial charge in [-0.05, 0) is 23.8 Å². The van der Waals surface area contributed by atoms with Crippen molar-refractivity contribution >= 4 is 11.9 Å². The van der Waals surface area contributed by atoms with Crippen LogP contribution in [-0.2, 0) is 16.1 Å². The minimum Gasteiger partial charge on any atom is -0.496 e. The molecule has 1 aromatic heterocycles. The topological polar surface area (TPSA) is 68.7 Å². The van der Waals surface area contributed by atoms with Crippen LogP contribution in [0, 0.1) is 0 Å². The number of aromatic nitrogens is 1. The fraction of sp³-hybridized carbons (Fsp3) is 0.278. The standard InChI is InChI=1S/C18H20N2O4/c1-23-16-8-4-3-7-15(16)18(22)20(11-9-17(21)24-2)13-14-6-5-10-19-12-14/h3-8,10,12H,9,11,13H2,1-2H3. The smallest absolute Gasteiger partial charge is 0.307 e. The van der Waals surface area contributed by atoms with Crippen LogP contribution in [0.2, 0.25) is 0 Å². The zero-order chi connectivity index (χ0) is 17.4. The molecule has 2 aromatic rings. The Labute approximate surface area is 141 Å². The second-order valence-electron chi connectivity index (χ2n) is 5.11. The van der Waals surface area contributed by atoms with Crippen molar-refractivity contribution in [2.24, 2.45) is 0 Å². The number of hydrogen-bond donors (Lipinski definition) is 0. The first-order valence-corrected chi connectivity index (χ1v) is 7.53. The summed E-state index contributed by atoms with van der Waals surface area (Å²) in [6, 6.07) is 10.7. The van der Waals surface area contributed by atoms with E-state index >= 15 is 0 Å². The fourth-order valence-corrected chi connectivity index (χ4v) is 2.28. The van der Waals surface area contributed by atoms with E-state index in [1.807, 2.05) is 6.07 Å². The lowest BCUT2D eigenvalue weighted by Crippen LogP contribution is -2.33. The Morgan fingerprint density at radius 3 is 2.58 bits per heavy atom. The minimum absolute atomic E-state index is 0.123. The second kappa shape index (κ2) is 8.67. The van der Waals surface area contributed by atoms with E-state index in [0.717, 1.165) is 5.56 Å². The van der Waals surface area contributed by atoms with Crippen molar-refractivity contribution in [1.82, 2.24) is 9.88 Å². The molecule has 6 nitrogen and oxygen atoms in total. The van der Waals surface area contributed by atoms with Crippen molar-refractivity contribution in [2.45, 2.75) is 13.0 Å². The molecular formula is C18H20N2O4. The summed E-state index contributed by atoms with van der Waals surface area (Å²) < 4.78 is 9.93. The van der Waals surface area contributed by atoms with Gasteiger partial charge >= 0.3 is 5.97 Å². The number of benzene rings is 1. The maximum Gasteiger partial charge on any atom is 0.307 e. The molecule has 0 aliphatic heterocycles. The highest BCUT2D eigenvalue weighted by atomic mass is 16.5. The third-order valence-corrected chi connectivity index (χ3v) is 3.53. The van der Waals surface area contributed by atoms with Gasteiger partial charge in [-0.1, -0.05) is 18.2 Å². The SMILES string of the molecule is COC(=O)CCN(Cc1cccnc1)C(=O)c1ccccc1OC. The Morgan fingerprint density at radius 2 is 1.92 bits per heavy atom. The number of rotatable bonds is 7. The van der Waals surface area contributed by atoms with E-state index in [1.54, 1.807) is 47.6 Å². The van der Waals surface area contributed by atoms with E-state index in [2.05, 4.69) is 9.72 Å². The Kier molecular flexibility index (Phi) is 6.31. The lowest BCUT2D eigenvalue weighted by atomic mass is 10.1. The molecule has 0 atom stereocenters. The highest BCUT2D eigenvalue weighted by Gasteiger charge is 2.20. The van der Waals surface area contributed by atoms with Gasteiger partial charge in [-0.25, -0.2) is 0 Å². The van der Waals surface area contributed by atoms with Crippen LogP contribution < -0.4 is 4.74 Å². The summed E-state index contributed by atoms with van der Waals surface area (Å²) in [5.74, 6) is -0.0732. The largest absolute Gasteiger partial charge is 0.496 e. The Balaban J connectivity index is 2.23. The number of hydrogen-bond acceptors (Lipinski definition) is 5. The van der Waals surface area contributed by atoms with E-state index in [-0.39, 0.29) is 24.8 Å². The number of carbonyl (C=O) groups is 2. The third kappa shape index (κ3) is 4.55. The van der Waals surface area contributed by atoms with Crippen LogP contribution >= 0.6 is 0 Å². The molecule has 0 aliphatic carbocycles. The molecule has 24 heavy (non-hydrogen) atoms. The number of pyridine rings is 1. The zero-order valence-corrected chi connectivity index (χ0v) is 13.8. The first kappa shape index (κ1) is 17.5. The van der Waals surface area contributed by atoms with Crippen molar-refractivity contribution in [3.05, 3.63) is 59.9 Å². The average Bonchev–Trinajstić information content (AvgIpc) is 2.64. The lowest BCUT2D eigenvalue weighted by Gasteiger charge is -2.23. The summed E-state index contributed by atoms with van der Waals surface area (Å²) in [6.07, 6.45) is 3.49. The summed E-state index contributed by atoms with van der Waals surface area (Å²) in [5, 5.41) is 0. The summed E-state index contributed by atoms with van der Waals surface area (Å²) in [5.41, 5.74) is 1.33. The Hall–Kier alpha value is -2.89. The Morgan fingerprint density at radius 1 is 1.12 bits per heavy atom. The van der Waals surface area contributed by atoms with Gasteiger partial charge in [-0.15, -0.1) is 0 Å². The molecule has 1 amide bonds. The molecule has 0 radical (unpaired) electrons. The quantitative estimate of drug-likeness (QED) is 0.730. The molecule has 0 saturated carbocycles. The first-order valence-electron chi connectivity index (χ1n) is 7.53. The van der Waals surface area contributed by atoms with E-state index in [4.69, 9.17) is 4.74 Å². The molecule has 1 heterocycles. The maximum absolute atomic E-state index is 12.9. The molecule has 0 saturated heterocycles. The van der Waals surface area contributed by atoms with Gasteiger partial charge in [0.2, 0.25) is 0 Å². The molecule has 0 bridgehead atoms. The van der Waals surface area contributed by atoms with Gasteiger partial charge in [0.15, 0.2) is 0 Å². The molecule has 0 aliphatic rings. The second-order valence-corrected chi connectivity index (χ2v) is 5.11. The summed E-state index contributed by atoms with van der Waals surface area (Å²) in [4.78, 5) is 30.0. The van der Waals surface area contributed by atoms with E-state index in [9.17, 15) is 9.59 Å². The number of carbonyl (C=O) groups excluding carboxylic acids is 2. The molecule has 2 rings (SSSR count). The van der Waals surface area contributed by atoms with Crippen molar-refractivity contribution in [3.8, 4) is 5.75 Å². The maximum atomic E-state index is 12.9. The highest BCUT2D eigenvalue weighted by molar-refractivity contribution is 5.97. The van der Waals surface area contributed by atoms with Gasteiger partial charge in [0, 0.05) is 25.5 Å². The van der Waals surface area contributed by atoms with E-state index in [0.29, 0.717) is 17.9 Å². The molecule has 0 N–H and O–H groups in total. The predicted octanol–water partition coefficient (Wildman–Crippen LogP) is 2.30. The normalized spacial score (nSPS) is 10.1. The third-order valence-electron chi connectivity index (χ3n) is 3.53. The van der Waals surface area contributed by atoms with Gasteiger partial charge in [0.05, 0.1) is 26.2 Å². The van der Waals surface area contributed by atoms with Crippen LogP contribution in [0.5, 0.6) is 5.75 Å². The number of ether oxygens (including phenoxy) is 2. The van der Waals surface area contributed by atoms with Crippen molar-refractivity contribution in [2.75, 3.05) is 20.8 Å².